The third kappa shape index (κ3) is 2.84. The molecule has 2 atom stereocenters. The lowest BCUT2D eigenvalue weighted by atomic mass is 9.78. The molecule has 1 fully saturated rings. The Hall–Kier alpha value is -0.670. The third-order valence-corrected chi connectivity index (χ3v) is 5.80. The number of amidine groups is 1. The molecule has 2 unspecified atom stereocenters. The van der Waals surface area contributed by atoms with Crippen LogP contribution in [0.3, 0.4) is 0 Å². The van der Waals surface area contributed by atoms with Crippen molar-refractivity contribution < 1.29 is 0 Å². The number of thioether (sulfide) groups is 1. The van der Waals surface area contributed by atoms with E-state index in [4.69, 9.17) is 16.6 Å². The van der Waals surface area contributed by atoms with Crippen molar-refractivity contribution in [2.45, 2.75) is 45.1 Å². The summed E-state index contributed by atoms with van der Waals surface area (Å²) in [5.41, 5.74) is 2.35. The van der Waals surface area contributed by atoms with Gasteiger partial charge in [0.05, 0.1) is 16.2 Å². The molecule has 1 aliphatic carbocycles. The number of hydrogen-bond donors (Lipinski definition) is 1. The molecule has 0 radical (unpaired) electrons. The first-order valence-corrected chi connectivity index (χ1v) is 8.69. The van der Waals surface area contributed by atoms with Crippen LogP contribution in [0.1, 0.15) is 38.2 Å². The summed E-state index contributed by atoms with van der Waals surface area (Å²) >= 11 is 8.12. The number of rotatable bonds is 1. The summed E-state index contributed by atoms with van der Waals surface area (Å²) in [6.45, 7) is 4.43. The third-order valence-electron chi connectivity index (χ3n) is 4.34. The van der Waals surface area contributed by atoms with Gasteiger partial charge in [-0.05, 0) is 37.3 Å². The van der Waals surface area contributed by atoms with Gasteiger partial charge in [0.25, 0.3) is 0 Å². The second kappa shape index (κ2) is 5.61. The molecule has 4 heteroatoms. The lowest BCUT2D eigenvalue weighted by Gasteiger charge is -2.33. The highest BCUT2D eigenvalue weighted by atomic mass is 35.5. The van der Waals surface area contributed by atoms with Crippen molar-refractivity contribution >= 4 is 34.2 Å². The SMILES string of the molecule is Cc1cccc(Cl)c1NC1=NC2(CCCC(C)C2)CS1. The fraction of sp³-hybridized carbons (Fsp3) is 0.562. The fourth-order valence-corrected chi connectivity index (χ4v) is 4.74. The van der Waals surface area contributed by atoms with Crippen LogP contribution >= 0.6 is 23.4 Å². The zero-order valence-electron chi connectivity index (χ0n) is 12.1. The van der Waals surface area contributed by atoms with E-state index in [1.165, 1.54) is 31.2 Å². The standard InChI is InChI=1S/C16H21ClN2S/c1-11-5-4-8-16(9-11)10-20-15(19-16)18-14-12(2)6-3-7-13(14)17/h3,6-7,11H,4-5,8-10H2,1-2H3,(H,18,19). The Morgan fingerprint density at radius 2 is 2.30 bits per heavy atom. The number of para-hydroxylation sites is 1. The first-order chi connectivity index (χ1) is 9.58. The average molecular weight is 309 g/mol. The second-order valence-corrected chi connectivity index (χ2v) is 7.56. The molecule has 0 aromatic heterocycles. The Kier molecular flexibility index (Phi) is 4.00. The van der Waals surface area contributed by atoms with Crippen LogP contribution in [-0.2, 0) is 0 Å². The molecule has 0 saturated heterocycles. The summed E-state index contributed by atoms with van der Waals surface area (Å²) < 4.78 is 0. The van der Waals surface area contributed by atoms with Gasteiger partial charge in [-0.3, -0.25) is 4.99 Å². The van der Waals surface area contributed by atoms with E-state index in [-0.39, 0.29) is 5.54 Å². The molecular formula is C16H21ClN2S. The number of nitrogens with one attached hydrogen (secondary N) is 1. The van der Waals surface area contributed by atoms with E-state index < -0.39 is 0 Å². The Labute approximate surface area is 130 Å². The van der Waals surface area contributed by atoms with E-state index in [1.54, 1.807) is 0 Å². The van der Waals surface area contributed by atoms with Gasteiger partial charge < -0.3 is 5.32 Å². The molecule has 20 heavy (non-hydrogen) atoms. The highest BCUT2D eigenvalue weighted by molar-refractivity contribution is 8.14. The van der Waals surface area contributed by atoms with Crippen molar-refractivity contribution in [2.75, 3.05) is 11.1 Å². The van der Waals surface area contributed by atoms with Gasteiger partial charge in [0, 0.05) is 5.75 Å². The number of aryl methyl sites for hydroxylation is 1. The van der Waals surface area contributed by atoms with Crippen LogP contribution < -0.4 is 5.32 Å². The van der Waals surface area contributed by atoms with Gasteiger partial charge in [-0.1, -0.05) is 55.3 Å². The highest BCUT2D eigenvalue weighted by Gasteiger charge is 2.39. The smallest absolute Gasteiger partial charge is 0.161 e. The zero-order valence-corrected chi connectivity index (χ0v) is 13.7. The largest absolute Gasteiger partial charge is 0.334 e. The van der Waals surface area contributed by atoms with Gasteiger partial charge in [-0.15, -0.1) is 0 Å². The van der Waals surface area contributed by atoms with Gasteiger partial charge in [-0.25, -0.2) is 0 Å². The molecule has 1 heterocycles. The monoisotopic (exact) mass is 308 g/mol. The summed E-state index contributed by atoms with van der Waals surface area (Å²) in [4.78, 5) is 5.02. The van der Waals surface area contributed by atoms with Gasteiger partial charge in [0.2, 0.25) is 0 Å². The summed E-state index contributed by atoms with van der Waals surface area (Å²) in [6, 6.07) is 5.99. The molecule has 0 amide bonds. The Balaban J connectivity index is 1.79. The normalized spacial score (nSPS) is 29.6. The van der Waals surface area contributed by atoms with Crippen LogP contribution in [0.2, 0.25) is 5.02 Å². The maximum Gasteiger partial charge on any atom is 0.161 e. The quantitative estimate of drug-likeness (QED) is 0.779. The fourth-order valence-electron chi connectivity index (χ4n) is 3.31. The van der Waals surface area contributed by atoms with E-state index >= 15 is 0 Å². The van der Waals surface area contributed by atoms with E-state index in [2.05, 4.69) is 25.2 Å². The molecule has 1 aromatic carbocycles. The van der Waals surface area contributed by atoms with Crippen LogP contribution in [0, 0.1) is 12.8 Å². The summed E-state index contributed by atoms with van der Waals surface area (Å²) in [7, 11) is 0. The number of aliphatic imine (C=N–C) groups is 1. The molecule has 1 spiro atoms. The Bertz CT molecular complexity index is 523. The number of anilines is 1. The molecule has 2 aliphatic rings. The molecule has 0 bridgehead atoms. The van der Waals surface area contributed by atoms with Crippen LogP contribution in [0.4, 0.5) is 5.69 Å². The zero-order chi connectivity index (χ0) is 14.2. The molecule has 1 N–H and O–H groups in total. The van der Waals surface area contributed by atoms with E-state index in [1.807, 2.05) is 23.9 Å². The molecule has 2 nitrogen and oxygen atoms in total. The van der Waals surface area contributed by atoms with E-state index in [0.29, 0.717) is 0 Å². The van der Waals surface area contributed by atoms with Crippen molar-refractivity contribution in [3.05, 3.63) is 28.8 Å². The van der Waals surface area contributed by atoms with Gasteiger partial charge in [0.1, 0.15) is 0 Å². The molecule has 1 aliphatic heterocycles. The van der Waals surface area contributed by atoms with Crippen LogP contribution in [-0.4, -0.2) is 16.5 Å². The topological polar surface area (TPSA) is 24.4 Å². The van der Waals surface area contributed by atoms with Crippen LogP contribution in [0.15, 0.2) is 23.2 Å². The molecule has 108 valence electrons. The van der Waals surface area contributed by atoms with Gasteiger partial charge in [0.15, 0.2) is 5.17 Å². The van der Waals surface area contributed by atoms with Gasteiger partial charge >= 0.3 is 0 Å². The van der Waals surface area contributed by atoms with Crippen molar-refractivity contribution in [3.63, 3.8) is 0 Å². The number of halogens is 1. The van der Waals surface area contributed by atoms with Crippen molar-refractivity contribution in [3.8, 4) is 0 Å². The second-order valence-electron chi connectivity index (χ2n) is 6.19. The molecule has 1 aromatic rings. The first-order valence-electron chi connectivity index (χ1n) is 7.33. The molecular weight excluding hydrogens is 288 g/mol. The summed E-state index contributed by atoms with van der Waals surface area (Å²) in [6.07, 6.45) is 5.13. The summed E-state index contributed by atoms with van der Waals surface area (Å²) in [5.74, 6) is 1.91. The van der Waals surface area contributed by atoms with Gasteiger partial charge in [-0.2, -0.15) is 0 Å². The van der Waals surface area contributed by atoms with Crippen molar-refractivity contribution in [1.29, 1.82) is 0 Å². The maximum atomic E-state index is 6.28. The van der Waals surface area contributed by atoms with Crippen LogP contribution in [0.5, 0.6) is 0 Å². The Morgan fingerprint density at radius 1 is 1.45 bits per heavy atom. The summed E-state index contributed by atoms with van der Waals surface area (Å²) in [5, 5.41) is 5.25. The highest BCUT2D eigenvalue weighted by Crippen LogP contribution is 2.42. The molecule has 1 saturated carbocycles. The number of nitrogens with zero attached hydrogens (tertiary/aromatic N) is 1. The number of benzene rings is 1. The number of hydrogen-bond acceptors (Lipinski definition) is 3. The Morgan fingerprint density at radius 3 is 3.05 bits per heavy atom. The predicted octanol–water partition coefficient (Wildman–Crippen LogP) is 5.11. The predicted molar refractivity (Wildman–Crippen MR) is 90.1 cm³/mol. The maximum absolute atomic E-state index is 6.28. The van der Waals surface area contributed by atoms with E-state index in [9.17, 15) is 0 Å². The van der Waals surface area contributed by atoms with E-state index in [0.717, 1.165) is 27.5 Å². The minimum atomic E-state index is 0.180. The molecule has 3 rings (SSSR count). The minimum absolute atomic E-state index is 0.180. The van der Waals surface area contributed by atoms with Crippen LogP contribution in [0.25, 0.3) is 0 Å². The first kappa shape index (κ1) is 14.3. The lowest BCUT2D eigenvalue weighted by molar-refractivity contribution is 0.266. The average Bonchev–Trinajstić information content (AvgIpc) is 2.76. The minimum Gasteiger partial charge on any atom is -0.334 e. The van der Waals surface area contributed by atoms with Crippen molar-refractivity contribution in [1.82, 2.24) is 0 Å². The lowest BCUT2D eigenvalue weighted by Crippen LogP contribution is -2.33. The van der Waals surface area contributed by atoms with Crippen molar-refractivity contribution in [2.24, 2.45) is 10.9 Å².